The van der Waals surface area contributed by atoms with Crippen molar-refractivity contribution in [2.45, 2.75) is 31.9 Å². The van der Waals surface area contributed by atoms with Gasteiger partial charge in [-0.15, -0.1) is 0 Å². The third kappa shape index (κ3) is 6.58. The van der Waals surface area contributed by atoms with Gasteiger partial charge in [-0.25, -0.2) is 4.79 Å². The molecular weight excluding hydrogens is 395 g/mol. The lowest BCUT2D eigenvalue weighted by atomic mass is 10.2. The van der Waals surface area contributed by atoms with Crippen LogP contribution >= 0.6 is 0 Å². The van der Waals surface area contributed by atoms with Crippen LogP contribution in [0.15, 0.2) is 54.6 Å². The van der Waals surface area contributed by atoms with E-state index in [-0.39, 0.29) is 17.9 Å². The van der Waals surface area contributed by atoms with Crippen molar-refractivity contribution in [3.05, 3.63) is 65.7 Å². The molecule has 0 aliphatic rings. The summed E-state index contributed by atoms with van der Waals surface area (Å²) in [6.07, 6.45) is -3.61. The Kier molecular flexibility index (Phi) is 7.36. The fraction of sp³-hybridized carbons (Fsp3) is 0.286. The predicted molar refractivity (Wildman–Crippen MR) is 98.3 cm³/mol. The second-order valence-electron chi connectivity index (χ2n) is 6.14. The minimum Gasteiger partial charge on any atom is -0.494 e. The molecule has 0 aliphatic heterocycles. The summed E-state index contributed by atoms with van der Waals surface area (Å²) in [6, 6.07) is 12.5. The lowest BCUT2D eigenvalue weighted by Gasteiger charge is -2.19. The summed E-state index contributed by atoms with van der Waals surface area (Å²) >= 11 is 0. The van der Waals surface area contributed by atoms with Gasteiger partial charge in [-0.05, 0) is 55.3 Å². The van der Waals surface area contributed by atoms with Crippen LogP contribution in [-0.4, -0.2) is 24.7 Å². The van der Waals surface area contributed by atoms with Crippen molar-refractivity contribution >= 4 is 12.0 Å². The number of carbonyl (C=O) groups is 1. The van der Waals surface area contributed by atoms with E-state index in [9.17, 15) is 26.7 Å². The number of alkyl halides is 5. The fourth-order valence-electron chi connectivity index (χ4n) is 2.32. The highest BCUT2D eigenvalue weighted by molar-refractivity contribution is 5.91. The van der Waals surface area contributed by atoms with E-state index in [2.05, 4.69) is 0 Å². The molecule has 3 nitrogen and oxygen atoms in total. The fourth-order valence-corrected chi connectivity index (χ4v) is 2.32. The van der Waals surface area contributed by atoms with Gasteiger partial charge in [0.15, 0.2) is 0 Å². The van der Waals surface area contributed by atoms with Crippen LogP contribution in [0.5, 0.6) is 11.5 Å². The number of rotatable bonds is 8. The SMILES string of the molecule is CC=Cc1ccc(OC(=O)c2ccc(OCCCC(F)(F)C(F)(F)F)cc2)cc1. The molecule has 156 valence electrons. The standard InChI is InChI=1S/C21H19F5O3/c1-2-4-15-5-9-18(10-6-15)29-19(27)16-7-11-17(12-8-16)28-14-3-13-20(22,23)21(24,25)26/h2,4-12H,3,13-14H2,1H3. The predicted octanol–water partition coefficient (Wildman–Crippen LogP) is 6.30. The maximum absolute atomic E-state index is 12.8. The van der Waals surface area contributed by atoms with Crippen molar-refractivity contribution < 1.29 is 36.2 Å². The van der Waals surface area contributed by atoms with Crippen LogP contribution < -0.4 is 9.47 Å². The van der Waals surface area contributed by atoms with E-state index < -0.39 is 30.9 Å². The van der Waals surface area contributed by atoms with Gasteiger partial charge in [0, 0.05) is 6.42 Å². The van der Waals surface area contributed by atoms with Gasteiger partial charge in [0.25, 0.3) is 0 Å². The van der Waals surface area contributed by atoms with E-state index in [1.807, 2.05) is 19.1 Å². The lowest BCUT2D eigenvalue weighted by Crippen LogP contribution is -2.36. The van der Waals surface area contributed by atoms with Gasteiger partial charge in [0.05, 0.1) is 12.2 Å². The van der Waals surface area contributed by atoms with E-state index in [0.29, 0.717) is 5.75 Å². The highest BCUT2D eigenvalue weighted by Crippen LogP contribution is 2.38. The van der Waals surface area contributed by atoms with Gasteiger partial charge in [0.1, 0.15) is 11.5 Å². The van der Waals surface area contributed by atoms with Gasteiger partial charge in [0.2, 0.25) is 0 Å². The molecule has 0 spiro atoms. The molecule has 0 saturated heterocycles. The minimum absolute atomic E-state index is 0.235. The molecule has 0 aliphatic carbocycles. The van der Waals surface area contributed by atoms with E-state index in [1.54, 1.807) is 24.3 Å². The molecule has 0 aromatic heterocycles. The third-order valence-corrected chi connectivity index (χ3v) is 3.86. The summed E-state index contributed by atoms with van der Waals surface area (Å²) in [6.45, 7) is 1.58. The first kappa shape index (κ1) is 22.4. The van der Waals surface area contributed by atoms with Crippen LogP contribution in [0.2, 0.25) is 0 Å². The Hall–Kier alpha value is -2.90. The van der Waals surface area contributed by atoms with Crippen LogP contribution in [0.3, 0.4) is 0 Å². The summed E-state index contributed by atoms with van der Waals surface area (Å²) in [5.74, 6) is -4.73. The first-order valence-corrected chi connectivity index (χ1v) is 8.75. The Morgan fingerprint density at radius 3 is 2.07 bits per heavy atom. The monoisotopic (exact) mass is 414 g/mol. The summed E-state index contributed by atoms with van der Waals surface area (Å²) in [5.41, 5.74) is 1.19. The molecule has 29 heavy (non-hydrogen) atoms. The van der Waals surface area contributed by atoms with Crippen molar-refractivity contribution in [2.24, 2.45) is 0 Å². The number of allylic oxidation sites excluding steroid dienone is 1. The lowest BCUT2D eigenvalue weighted by molar-refractivity contribution is -0.284. The van der Waals surface area contributed by atoms with Gasteiger partial charge >= 0.3 is 18.1 Å². The molecule has 0 N–H and O–H groups in total. The van der Waals surface area contributed by atoms with E-state index in [0.717, 1.165) is 5.56 Å². The largest absolute Gasteiger partial charge is 0.494 e. The average molecular weight is 414 g/mol. The minimum atomic E-state index is -5.57. The number of hydrogen-bond acceptors (Lipinski definition) is 3. The summed E-state index contributed by atoms with van der Waals surface area (Å²) in [7, 11) is 0. The van der Waals surface area contributed by atoms with Gasteiger partial charge in [-0.2, -0.15) is 22.0 Å². The smallest absolute Gasteiger partial charge is 0.453 e. The molecule has 0 amide bonds. The van der Waals surface area contributed by atoms with Crippen molar-refractivity contribution in [1.82, 2.24) is 0 Å². The molecule has 0 bridgehead atoms. The number of halogens is 5. The Morgan fingerprint density at radius 1 is 0.931 bits per heavy atom. The zero-order chi connectivity index (χ0) is 21.5. The molecule has 0 atom stereocenters. The van der Waals surface area contributed by atoms with Crippen LogP contribution in [0.25, 0.3) is 6.08 Å². The highest BCUT2D eigenvalue weighted by atomic mass is 19.4. The highest BCUT2D eigenvalue weighted by Gasteiger charge is 2.56. The molecule has 2 rings (SSSR count). The first-order chi connectivity index (χ1) is 13.6. The molecule has 2 aromatic rings. The Labute approximate surface area is 164 Å². The average Bonchev–Trinajstić information content (AvgIpc) is 2.66. The van der Waals surface area contributed by atoms with Crippen molar-refractivity contribution in [3.63, 3.8) is 0 Å². The van der Waals surface area contributed by atoms with Crippen LogP contribution in [0.1, 0.15) is 35.7 Å². The Balaban J connectivity index is 1.84. The summed E-state index contributed by atoms with van der Waals surface area (Å²) in [4.78, 5) is 12.1. The van der Waals surface area contributed by atoms with E-state index in [1.165, 1.54) is 24.3 Å². The third-order valence-electron chi connectivity index (χ3n) is 3.86. The summed E-state index contributed by atoms with van der Waals surface area (Å²) in [5, 5.41) is 0. The Bertz CT molecular complexity index is 825. The van der Waals surface area contributed by atoms with Crippen LogP contribution in [0, 0.1) is 0 Å². The first-order valence-electron chi connectivity index (χ1n) is 8.75. The number of carbonyl (C=O) groups excluding carboxylic acids is 1. The molecule has 0 radical (unpaired) electrons. The van der Waals surface area contributed by atoms with Crippen LogP contribution in [0.4, 0.5) is 22.0 Å². The van der Waals surface area contributed by atoms with Gasteiger partial charge in [-0.1, -0.05) is 24.3 Å². The molecule has 0 heterocycles. The second-order valence-corrected chi connectivity index (χ2v) is 6.14. The van der Waals surface area contributed by atoms with Crippen molar-refractivity contribution in [3.8, 4) is 11.5 Å². The van der Waals surface area contributed by atoms with Crippen molar-refractivity contribution in [1.29, 1.82) is 0 Å². The summed E-state index contributed by atoms with van der Waals surface area (Å²) < 4.78 is 72.2. The molecule has 0 fully saturated rings. The molecule has 0 unspecified atom stereocenters. The molecular formula is C21H19F5O3. The molecule has 0 saturated carbocycles. The maximum atomic E-state index is 12.8. The van der Waals surface area contributed by atoms with Gasteiger partial charge in [-0.3, -0.25) is 0 Å². The normalized spacial score (nSPS) is 12.2. The van der Waals surface area contributed by atoms with E-state index in [4.69, 9.17) is 9.47 Å². The maximum Gasteiger partial charge on any atom is 0.453 e. The van der Waals surface area contributed by atoms with E-state index >= 15 is 0 Å². The zero-order valence-corrected chi connectivity index (χ0v) is 15.5. The van der Waals surface area contributed by atoms with Gasteiger partial charge < -0.3 is 9.47 Å². The topological polar surface area (TPSA) is 35.5 Å². The van der Waals surface area contributed by atoms with Crippen LogP contribution in [-0.2, 0) is 0 Å². The number of esters is 1. The zero-order valence-electron chi connectivity index (χ0n) is 15.5. The molecule has 2 aromatic carbocycles. The quantitative estimate of drug-likeness (QED) is 0.220. The Morgan fingerprint density at radius 2 is 1.52 bits per heavy atom. The van der Waals surface area contributed by atoms with Crippen molar-refractivity contribution in [2.75, 3.05) is 6.61 Å². The second kappa shape index (κ2) is 9.54. The number of hydrogen-bond donors (Lipinski definition) is 0. The number of benzene rings is 2. The molecule has 8 heteroatoms. The number of ether oxygens (including phenoxy) is 2.